The van der Waals surface area contributed by atoms with Crippen LogP contribution in [-0.2, 0) is 14.6 Å². The standard InChI is InChI=1S/C15H23N3O4S/c1-5-13(17-15(20)18(3)10-14(19)16-2)11-6-8-12(9-7-11)23(4,21)22/h6-9,13H,5,10H2,1-4H3,(H,16,19)(H,17,20)/t13-/m1/s1. The van der Waals surface area contributed by atoms with Crippen LogP contribution in [0.15, 0.2) is 29.2 Å². The van der Waals surface area contributed by atoms with Crippen molar-refractivity contribution in [3.05, 3.63) is 29.8 Å². The van der Waals surface area contributed by atoms with Gasteiger partial charge in [-0.3, -0.25) is 4.79 Å². The minimum Gasteiger partial charge on any atom is -0.358 e. The van der Waals surface area contributed by atoms with Gasteiger partial charge in [0.2, 0.25) is 5.91 Å². The maximum Gasteiger partial charge on any atom is 0.318 e. The Hall–Kier alpha value is -2.09. The Morgan fingerprint density at radius 1 is 1.22 bits per heavy atom. The first kappa shape index (κ1) is 19.0. The normalized spacial score (nSPS) is 12.3. The fourth-order valence-electron chi connectivity index (χ4n) is 1.99. The maximum absolute atomic E-state index is 12.1. The van der Waals surface area contributed by atoms with Crippen molar-refractivity contribution in [2.24, 2.45) is 0 Å². The van der Waals surface area contributed by atoms with Crippen LogP contribution in [0.2, 0.25) is 0 Å². The Morgan fingerprint density at radius 2 is 1.78 bits per heavy atom. The summed E-state index contributed by atoms with van der Waals surface area (Å²) in [4.78, 5) is 24.9. The van der Waals surface area contributed by atoms with Crippen LogP contribution >= 0.6 is 0 Å². The predicted molar refractivity (Wildman–Crippen MR) is 87.8 cm³/mol. The lowest BCUT2D eigenvalue weighted by atomic mass is 10.1. The lowest BCUT2D eigenvalue weighted by Gasteiger charge is -2.22. The van der Waals surface area contributed by atoms with Gasteiger partial charge in [0.15, 0.2) is 9.84 Å². The van der Waals surface area contributed by atoms with Gasteiger partial charge in [-0.15, -0.1) is 0 Å². The average molecular weight is 341 g/mol. The maximum atomic E-state index is 12.1. The second-order valence-electron chi connectivity index (χ2n) is 5.28. The van der Waals surface area contributed by atoms with Crippen LogP contribution in [0.25, 0.3) is 0 Å². The summed E-state index contributed by atoms with van der Waals surface area (Å²) in [5.41, 5.74) is 0.807. The smallest absolute Gasteiger partial charge is 0.318 e. The van der Waals surface area contributed by atoms with Crippen molar-refractivity contribution in [1.82, 2.24) is 15.5 Å². The molecular weight excluding hydrogens is 318 g/mol. The SMILES string of the molecule is CC[C@@H](NC(=O)N(C)CC(=O)NC)c1ccc(S(C)(=O)=O)cc1. The van der Waals surface area contributed by atoms with Crippen molar-refractivity contribution in [2.75, 3.05) is 26.9 Å². The molecule has 0 fully saturated rings. The molecule has 3 amide bonds. The van der Waals surface area contributed by atoms with Crippen LogP contribution in [-0.4, -0.2) is 52.2 Å². The van der Waals surface area contributed by atoms with E-state index in [9.17, 15) is 18.0 Å². The van der Waals surface area contributed by atoms with Crippen molar-refractivity contribution < 1.29 is 18.0 Å². The van der Waals surface area contributed by atoms with Crippen molar-refractivity contribution in [2.45, 2.75) is 24.3 Å². The van der Waals surface area contributed by atoms with Gasteiger partial charge in [0.05, 0.1) is 10.9 Å². The molecule has 1 atom stereocenters. The van der Waals surface area contributed by atoms with Gasteiger partial charge < -0.3 is 15.5 Å². The first-order valence-corrected chi connectivity index (χ1v) is 9.10. The third-order valence-electron chi connectivity index (χ3n) is 3.42. The second kappa shape index (κ2) is 7.96. The van der Waals surface area contributed by atoms with E-state index in [4.69, 9.17) is 0 Å². The minimum atomic E-state index is -3.24. The Kier molecular flexibility index (Phi) is 6.56. The molecule has 1 rings (SSSR count). The van der Waals surface area contributed by atoms with Gasteiger partial charge in [-0.2, -0.15) is 0 Å². The number of urea groups is 1. The van der Waals surface area contributed by atoms with Crippen LogP contribution in [0.5, 0.6) is 0 Å². The van der Waals surface area contributed by atoms with E-state index in [1.807, 2.05) is 6.92 Å². The van der Waals surface area contributed by atoms with E-state index in [1.54, 1.807) is 12.1 Å². The Balaban J connectivity index is 2.80. The molecule has 0 aromatic heterocycles. The number of nitrogens with zero attached hydrogens (tertiary/aromatic N) is 1. The van der Waals surface area contributed by atoms with Gasteiger partial charge in [0.25, 0.3) is 0 Å². The summed E-state index contributed by atoms with van der Waals surface area (Å²) in [7, 11) is -0.207. The molecule has 1 aromatic carbocycles. The summed E-state index contributed by atoms with van der Waals surface area (Å²) < 4.78 is 22.9. The van der Waals surface area contributed by atoms with E-state index in [1.165, 1.54) is 31.1 Å². The molecule has 0 aliphatic heterocycles. The third-order valence-corrected chi connectivity index (χ3v) is 4.55. The molecule has 0 aliphatic rings. The average Bonchev–Trinajstić information content (AvgIpc) is 2.51. The highest BCUT2D eigenvalue weighted by atomic mass is 32.2. The van der Waals surface area contributed by atoms with E-state index in [0.717, 1.165) is 11.8 Å². The van der Waals surface area contributed by atoms with Crippen LogP contribution in [0, 0.1) is 0 Å². The number of benzene rings is 1. The van der Waals surface area contributed by atoms with Gasteiger partial charge in [0, 0.05) is 20.4 Å². The first-order chi connectivity index (χ1) is 10.7. The molecule has 7 nitrogen and oxygen atoms in total. The zero-order chi connectivity index (χ0) is 17.6. The number of hydrogen-bond acceptors (Lipinski definition) is 4. The van der Waals surface area contributed by atoms with E-state index in [-0.39, 0.29) is 29.4 Å². The molecule has 0 saturated carbocycles. The molecule has 0 saturated heterocycles. The summed E-state index contributed by atoms with van der Waals surface area (Å²) in [6.45, 7) is 1.87. The number of nitrogens with one attached hydrogen (secondary N) is 2. The molecule has 8 heteroatoms. The van der Waals surface area contributed by atoms with Gasteiger partial charge in [0.1, 0.15) is 6.54 Å². The fourth-order valence-corrected chi connectivity index (χ4v) is 2.62. The molecule has 0 aliphatic carbocycles. The highest BCUT2D eigenvalue weighted by Gasteiger charge is 2.18. The Labute approximate surface area is 137 Å². The number of amides is 3. The van der Waals surface area contributed by atoms with Gasteiger partial charge in [-0.25, -0.2) is 13.2 Å². The molecule has 0 radical (unpaired) electrons. The lowest BCUT2D eigenvalue weighted by Crippen LogP contribution is -2.43. The summed E-state index contributed by atoms with van der Waals surface area (Å²) >= 11 is 0. The number of likely N-dealkylation sites (N-methyl/N-ethyl adjacent to an activating group) is 2. The molecule has 0 unspecified atom stereocenters. The number of carbonyl (C=O) groups excluding carboxylic acids is 2. The quantitative estimate of drug-likeness (QED) is 0.804. The van der Waals surface area contributed by atoms with Crippen LogP contribution in [0.1, 0.15) is 24.9 Å². The molecule has 2 N–H and O–H groups in total. The molecule has 23 heavy (non-hydrogen) atoms. The molecule has 0 bridgehead atoms. The van der Waals surface area contributed by atoms with Crippen molar-refractivity contribution in [3.8, 4) is 0 Å². The Morgan fingerprint density at radius 3 is 2.22 bits per heavy atom. The molecule has 0 heterocycles. The largest absolute Gasteiger partial charge is 0.358 e. The summed E-state index contributed by atoms with van der Waals surface area (Å²) in [6.07, 6.45) is 1.78. The van der Waals surface area contributed by atoms with Crippen molar-refractivity contribution >= 4 is 21.8 Å². The summed E-state index contributed by atoms with van der Waals surface area (Å²) in [5, 5.41) is 5.28. The first-order valence-electron chi connectivity index (χ1n) is 7.21. The van der Waals surface area contributed by atoms with Crippen molar-refractivity contribution in [3.63, 3.8) is 0 Å². The zero-order valence-electron chi connectivity index (χ0n) is 13.8. The fraction of sp³-hybridized carbons (Fsp3) is 0.467. The molecular formula is C15H23N3O4S. The zero-order valence-corrected chi connectivity index (χ0v) is 14.6. The van der Waals surface area contributed by atoms with Crippen LogP contribution in [0.3, 0.4) is 0 Å². The third kappa shape index (κ3) is 5.55. The second-order valence-corrected chi connectivity index (χ2v) is 7.30. The minimum absolute atomic E-state index is 0.0359. The topological polar surface area (TPSA) is 95.6 Å². The van der Waals surface area contributed by atoms with Gasteiger partial charge in [-0.1, -0.05) is 19.1 Å². The summed E-state index contributed by atoms with van der Waals surface area (Å²) in [5.74, 6) is -0.256. The number of sulfone groups is 1. The molecule has 1 aromatic rings. The number of hydrogen-bond donors (Lipinski definition) is 2. The number of carbonyl (C=O) groups is 2. The van der Waals surface area contributed by atoms with E-state index in [0.29, 0.717) is 6.42 Å². The van der Waals surface area contributed by atoms with Gasteiger partial charge >= 0.3 is 6.03 Å². The van der Waals surface area contributed by atoms with Crippen LogP contribution < -0.4 is 10.6 Å². The monoisotopic (exact) mass is 341 g/mol. The highest BCUT2D eigenvalue weighted by Crippen LogP contribution is 2.19. The number of rotatable bonds is 6. The highest BCUT2D eigenvalue weighted by molar-refractivity contribution is 7.90. The van der Waals surface area contributed by atoms with E-state index >= 15 is 0 Å². The lowest BCUT2D eigenvalue weighted by molar-refractivity contribution is -0.121. The van der Waals surface area contributed by atoms with Crippen molar-refractivity contribution in [1.29, 1.82) is 0 Å². The van der Waals surface area contributed by atoms with Crippen LogP contribution in [0.4, 0.5) is 4.79 Å². The van der Waals surface area contributed by atoms with E-state index in [2.05, 4.69) is 10.6 Å². The molecule has 128 valence electrons. The molecule has 0 spiro atoms. The van der Waals surface area contributed by atoms with Gasteiger partial charge in [-0.05, 0) is 24.1 Å². The predicted octanol–water partition coefficient (Wildman–Crippen LogP) is 0.929. The van der Waals surface area contributed by atoms with E-state index < -0.39 is 9.84 Å². The Bertz CT molecular complexity index is 656. The summed E-state index contributed by atoms with van der Waals surface area (Å²) in [6, 6.07) is 5.78.